The Hall–Kier alpha value is -3.35. The monoisotopic (exact) mass is 382 g/mol. The van der Waals surface area contributed by atoms with Crippen LogP contribution in [0.15, 0.2) is 54.6 Å². The summed E-state index contributed by atoms with van der Waals surface area (Å²) in [4.78, 5) is 38.3. The summed E-state index contributed by atoms with van der Waals surface area (Å²) in [5.74, 6) is -1.86. The molecule has 0 aromatic heterocycles. The van der Waals surface area contributed by atoms with Gasteiger partial charge < -0.3 is 20.1 Å². The fourth-order valence-electron chi connectivity index (χ4n) is 3.27. The molecule has 7 nitrogen and oxygen atoms in total. The molecule has 2 aromatic rings. The molecule has 2 aromatic carbocycles. The zero-order chi connectivity index (χ0) is 20.1. The lowest BCUT2D eigenvalue weighted by atomic mass is 10.0. The second-order valence-corrected chi connectivity index (χ2v) is 6.50. The van der Waals surface area contributed by atoms with Gasteiger partial charge in [-0.1, -0.05) is 42.5 Å². The van der Waals surface area contributed by atoms with Crippen LogP contribution in [0.4, 0.5) is 5.69 Å². The molecule has 28 heavy (non-hydrogen) atoms. The van der Waals surface area contributed by atoms with Crippen molar-refractivity contribution in [2.75, 3.05) is 18.1 Å². The molecule has 1 aliphatic rings. The van der Waals surface area contributed by atoms with E-state index in [4.69, 9.17) is 4.74 Å². The molecule has 0 saturated carbocycles. The average molecular weight is 382 g/mol. The molecular weight excluding hydrogens is 360 g/mol. The number of carboxylic acid groups (broad SMARTS) is 1. The first-order chi connectivity index (χ1) is 13.5. The van der Waals surface area contributed by atoms with Gasteiger partial charge >= 0.3 is 5.97 Å². The second kappa shape index (κ2) is 8.56. The third-order valence-corrected chi connectivity index (χ3v) is 4.62. The number of anilines is 1. The largest absolute Gasteiger partial charge is 0.492 e. The van der Waals surface area contributed by atoms with E-state index in [1.54, 1.807) is 48.5 Å². The lowest BCUT2D eigenvalue weighted by Gasteiger charge is -2.21. The van der Waals surface area contributed by atoms with E-state index in [1.165, 1.54) is 4.90 Å². The van der Waals surface area contributed by atoms with Crippen LogP contribution in [-0.4, -0.2) is 36.0 Å². The van der Waals surface area contributed by atoms with Crippen molar-refractivity contribution >= 4 is 23.5 Å². The summed E-state index contributed by atoms with van der Waals surface area (Å²) in [7, 11) is 0. The highest BCUT2D eigenvalue weighted by Gasteiger charge is 2.37. The maximum absolute atomic E-state index is 12.7. The van der Waals surface area contributed by atoms with Gasteiger partial charge in [-0.2, -0.15) is 0 Å². The van der Waals surface area contributed by atoms with Crippen LogP contribution in [0.3, 0.4) is 0 Å². The van der Waals surface area contributed by atoms with Crippen molar-refractivity contribution in [3.63, 3.8) is 0 Å². The first kappa shape index (κ1) is 19.4. The Morgan fingerprint density at radius 2 is 1.86 bits per heavy atom. The van der Waals surface area contributed by atoms with E-state index in [-0.39, 0.29) is 18.9 Å². The SMILES string of the molecule is CCOc1ccccc1N1CC(C(=O)N[C@@H](C(=O)O)c2ccccc2)CC1=O. The van der Waals surface area contributed by atoms with Gasteiger partial charge in [-0.3, -0.25) is 9.59 Å². The van der Waals surface area contributed by atoms with Gasteiger partial charge in [0.1, 0.15) is 5.75 Å². The van der Waals surface area contributed by atoms with Gasteiger partial charge in [0.2, 0.25) is 11.8 Å². The quantitative estimate of drug-likeness (QED) is 0.767. The van der Waals surface area contributed by atoms with Gasteiger partial charge in [0.25, 0.3) is 0 Å². The van der Waals surface area contributed by atoms with E-state index in [2.05, 4.69) is 5.32 Å². The van der Waals surface area contributed by atoms with E-state index in [0.717, 1.165) is 0 Å². The molecule has 0 bridgehead atoms. The summed E-state index contributed by atoms with van der Waals surface area (Å²) in [6.45, 7) is 2.49. The van der Waals surface area contributed by atoms with Crippen molar-refractivity contribution in [1.29, 1.82) is 0 Å². The number of rotatable bonds is 7. The van der Waals surface area contributed by atoms with E-state index in [0.29, 0.717) is 23.6 Å². The number of carbonyl (C=O) groups is 3. The maximum Gasteiger partial charge on any atom is 0.330 e. The Labute approximate surface area is 162 Å². The molecule has 0 spiro atoms. The highest BCUT2D eigenvalue weighted by Crippen LogP contribution is 2.33. The number of nitrogens with zero attached hydrogens (tertiary/aromatic N) is 1. The van der Waals surface area contributed by atoms with Crippen LogP contribution in [0, 0.1) is 5.92 Å². The minimum atomic E-state index is -1.16. The molecule has 1 fully saturated rings. The van der Waals surface area contributed by atoms with Crippen molar-refractivity contribution in [3.05, 3.63) is 60.2 Å². The number of ether oxygens (including phenoxy) is 1. The van der Waals surface area contributed by atoms with Crippen LogP contribution in [0.2, 0.25) is 0 Å². The van der Waals surface area contributed by atoms with Crippen LogP contribution in [-0.2, 0) is 14.4 Å². The van der Waals surface area contributed by atoms with Gasteiger partial charge in [0, 0.05) is 13.0 Å². The topological polar surface area (TPSA) is 95.9 Å². The molecule has 1 saturated heterocycles. The van der Waals surface area contributed by atoms with Crippen molar-refractivity contribution in [3.8, 4) is 5.75 Å². The molecular formula is C21H22N2O5. The number of carbonyl (C=O) groups excluding carboxylic acids is 2. The summed E-state index contributed by atoms with van der Waals surface area (Å²) in [6.07, 6.45) is 0.0213. The molecule has 2 N–H and O–H groups in total. The highest BCUT2D eigenvalue weighted by molar-refractivity contribution is 6.01. The molecule has 0 radical (unpaired) electrons. The smallest absolute Gasteiger partial charge is 0.330 e. The van der Waals surface area contributed by atoms with Crippen LogP contribution >= 0.6 is 0 Å². The van der Waals surface area contributed by atoms with E-state index >= 15 is 0 Å². The average Bonchev–Trinajstić information content (AvgIpc) is 3.09. The summed E-state index contributed by atoms with van der Waals surface area (Å²) >= 11 is 0. The van der Waals surface area contributed by atoms with Gasteiger partial charge in [-0.25, -0.2) is 4.79 Å². The van der Waals surface area contributed by atoms with Gasteiger partial charge in [0.15, 0.2) is 6.04 Å². The fourth-order valence-corrected chi connectivity index (χ4v) is 3.27. The number of carboxylic acids is 1. The number of amides is 2. The van der Waals surface area contributed by atoms with Crippen molar-refractivity contribution < 1.29 is 24.2 Å². The molecule has 7 heteroatoms. The summed E-state index contributed by atoms with van der Waals surface area (Å²) in [6, 6.07) is 14.5. The van der Waals surface area contributed by atoms with Crippen molar-refractivity contribution in [2.24, 2.45) is 5.92 Å². The van der Waals surface area contributed by atoms with Gasteiger partial charge in [-0.05, 0) is 24.6 Å². The van der Waals surface area contributed by atoms with Crippen LogP contribution in [0.25, 0.3) is 0 Å². The maximum atomic E-state index is 12.7. The Morgan fingerprint density at radius 1 is 1.18 bits per heavy atom. The Morgan fingerprint density at radius 3 is 2.54 bits per heavy atom. The van der Waals surface area contributed by atoms with Crippen LogP contribution < -0.4 is 15.0 Å². The minimum Gasteiger partial charge on any atom is -0.492 e. The predicted octanol–water partition coefficient (Wildman–Crippen LogP) is 2.38. The number of aliphatic carboxylic acids is 1. The molecule has 146 valence electrons. The number of hydrogen-bond acceptors (Lipinski definition) is 4. The molecule has 0 aliphatic carbocycles. The summed E-state index contributed by atoms with van der Waals surface area (Å²) < 4.78 is 5.58. The Bertz CT molecular complexity index is 868. The zero-order valence-electron chi connectivity index (χ0n) is 15.5. The molecule has 2 atom stereocenters. The zero-order valence-corrected chi connectivity index (χ0v) is 15.5. The first-order valence-corrected chi connectivity index (χ1v) is 9.11. The van der Waals surface area contributed by atoms with Crippen LogP contribution in [0.1, 0.15) is 24.9 Å². The fraction of sp³-hybridized carbons (Fsp3) is 0.286. The lowest BCUT2D eigenvalue weighted by Crippen LogP contribution is -2.38. The van der Waals surface area contributed by atoms with Crippen molar-refractivity contribution in [2.45, 2.75) is 19.4 Å². The first-order valence-electron chi connectivity index (χ1n) is 9.11. The highest BCUT2D eigenvalue weighted by atomic mass is 16.5. The van der Waals surface area contributed by atoms with E-state index < -0.39 is 23.8 Å². The van der Waals surface area contributed by atoms with Crippen LogP contribution in [0.5, 0.6) is 5.75 Å². The minimum absolute atomic E-state index is 0.0213. The third-order valence-electron chi connectivity index (χ3n) is 4.62. The van der Waals surface area contributed by atoms with Crippen molar-refractivity contribution in [1.82, 2.24) is 5.32 Å². The molecule has 2 amide bonds. The van der Waals surface area contributed by atoms with E-state index in [9.17, 15) is 19.5 Å². The second-order valence-electron chi connectivity index (χ2n) is 6.50. The standard InChI is InChI=1S/C21H22N2O5/c1-2-28-17-11-7-6-10-16(17)23-13-15(12-18(23)24)20(25)22-19(21(26)27)14-8-4-3-5-9-14/h3-11,15,19H,2,12-13H2,1H3,(H,22,25)(H,26,27)/t15?,19-/m1/s1. The summed E-state index contributed by atoms with van der Waals surface area (Å²) in [5, 5.41) is 12.0. The summed E-state index contributed by atoms with van der Waals surface area (Å²) in [5.41, 5.74) is 1.09. The Kier molecular flexibility index (Phi) is 5.93. The normalized spacial score (nSPS) is 17.2. The number of nitrogens with one attached hydrogen (secondary N) is 1. The molecule has 1 aliphatic heterocycles. The van der Waals surface area contributed by atoms with Gasteiger partial charge in [-0.15, -0.1) is 0 Å². The number of hydrogen-bond donors (Lipinski definition) is 2. The molecule has 3 rings (SSSR count). The predicted molar refractivity (Wildman–Crippen MR) is 103 cm³/mol. The molecule has 1 heterocycles. The number of benzene rings is 2. The number of para-hydroxylation sites is 2. The lowest BCUT2D eigenvalue weighted by molar-refractivity contribution is -0.142. The third kappa shape index (κ3) is 4.14. The van der Waals surface area contributed by atoms with Gasteiger partial charge in [0.05, 0.1) is 18.2 Å². The molecule has 1 unspecified atom stereocenters. The Balaban J connectivity index is 1.74. The van der Waals surface area contributed by atoms with E-state index in [1.807, 2.05) is 13.0 Å².